The van der Waals surface area contributed by atoms with Gasteiger partial charge in [-0.05, 0) is 31.9 Å². The largest absolute Gasteiger partial charge is 0.385 e. The number of carbonyl (C=O) groups excluding carboxylic acids is 2. The van der Waals surface area contributed by atoms with Crippen molar-refractivity contribution < 1.29 is 14.3 Å². The molecule has 2 unspecified atom stereocenters. The van der Waals surface area contributed by atoms with Gasteiger partial charge in [0.25, 0.3) is 0 Å². The van der Waals surface area contributed by atoms with Crippen molar-refractivity contribution >= 4 is 17.5 Å². The van der Waals surface area contributed by atoms with E-state index in [-0.39, 0.29) is 23.7 Å². The predicted molar refractivity (Wildman–Crippen MR) is 85.6 cm³/mol. The Morgan fingerprint density at radius 1 is 1.27 bits per heavy atom. The quantitative estimate of drug-likeness (QED) is 0.745. The van der Waals surface area contributed by atoms with E-state index >= 15 is 0 Å². The number of carbonyl (C=O) groups is 2. The lowest BCUT2D eigenvalue weighted by Gasteiger charge is -2.21. The summed E-state index contributed by atoms with van der Waals surface area (Å²) in [5, 5.41) is 2.87. The SMILES string of the molecule is CCN(C(=O)C1CC1C(=O)NCCCOC)c1ccccc1. The van der Waals surface area contributed by atoms with E-state index in [2.05, 4.69) is 5.32 Å². The summed E-state index contributed by atoms with van der Waals surface area (Å²) >= 11 is 0. The average molecular weight is 304 g/mol. The van der Waals surface area contributed by atoms with Crippen molar-refractivity contribution in [2.75, 3.05) is 31.7 Å². The Labute approximate surface area is 131 Å². The van der Waals surface area contributed by atoms with Crippen molar-refractivity contribution in [1.29, 1.82) is 0 Å². The topological polar surface area (TPSA) is 58.6 Å². The minimum absolute atomic E-state index is 0.0152. The monoisotopic (exact) mass is 304 g/mol. The van der Waals surface area contributed by atoms with Gasteiger partial charge in [0.2, 0.25) is 11.8 Å². The Hall–Kier alpha value is -1.88. The number of anilines is 1. The summed E-state index contributed by atoms with van der Waals surface area (Å²) in [7, 11) is 1.64. The van der Waals surface area contributed by atoms with E-state index < -0.39 is 0 Å². The van der Waals surface area contributed by atoms with Crippen molar-refractivity contribution in [3.63, 3.8) is 0 Å². The number of hydrogen-bond donors (Lipinski definition) is 1. The molecule has 1 aromatic carbocycles. The minimum Gasteiger partial charge on any atom is -0.385 e. The lowest BCUT2D eigenvalue weighted by Crippen LogP contribution is -2.34. The number of para-hydroxylation sites is 1. The molecule has 120 valence electrons. The number of methoxy groups -OCH3 is 1. The third kappa shape index (κ3) is 4.07. The molecule has 2 atom stereocenters. The van der Waals surface area contributed by atoms with Crippen LogP contribution in [0.3, 0.4) is 0 Å². The molecule has 1 aromatic rings. The molecule has 0 aliphatic heterocycles. The molecule has 5 nitrogen and oxygen atoms in total. The van der Waals surface area contributed by atoms with E-state index in [1.165, 1.54) is 0 Å². The average Bonchev–Trinajstić information content (AvgIpc) is 3.34. The maximum Gasteiger partial charge on any atom is 0.230 e. The normalized spacial score (nSPS) is 19.5. The molecule has 0 radical (unpaired) electrons. The van der Waals surface area contributed by atoms with Gasteiger partial charge in [0.15, 0.2) is 0 Å². The van der Waals surface area contributed by atoms with Gasteiger partial charge in [0.1, 0.15) is 0 Å². The van der Waals surface area contributed by atoms with E-state index in [9.17, 15) is 9.59 Å². The molecule has 1 N–H and O–H groups in total. The fourth-order valence-corrected chi connectivity index (χ4v) is 2.59. The highest BCUT2D eigenvalue weighted by Gasteiger charge is 2.49. The van der Waals surface area contributed by atoms with Gasteiger partial charge in [-0.2, -0.15) is 0 Å². The van der Waals surface area contributed by atoms with Crippen LogP contribution < -0.4 is 10.2 Å². The van der Waals surface area contributed by atoms with Gasteiger partial charge in [-0.25, -0.2) is 0 Å². The molecule has 0 bridgehead atoms. The Morgan fingerprint density at radius 2 is 2.00 bits per heavy atom. The Kier molecular flexibility index (Phi) is 5.95. The molecule has 0 spiro atoms. The first-order chi connectivity index (χ1) is 10.7. The molecule has 0 aromatic heterocycles. The molecule has 1 saturated carbocycles. The van der Waals surface area contributed by atoms with Crippen molar-refractivity contribution in [1.82, 2.24) is 5.32 Å². The van der Waals surface area contributed by atoms with E-state index in [0.717, 1.165) is 12.1 Å². The number of benzene rings is 1. The number of nitrogens with zero attached hydrogens (tertiary/aromatic N) is 1. The van der Waals surface area contributed by atoms with E-state index in [4.69, 9.17) is 4.74 Å². The fraction of sp³-hybridized carbons (Fsp3) is 0.529. The first-order valence-electron chi connectivity index (χ1n) is 7.82. The van der Waals surface area contributed by atoms with Crippen LogP contribution in [-0.2, 0) is 14.3 Å². The van der Waals surface area contributed by atoms with E-state index in [1.807, 2.05) is 37.3 Å². The molecule has 0 heterocycles. The van der Waals surface area contributed by atoms with Crippen LogP contribution in [0.2, 0.25) is 0 Å². The van der Waals surface area contributed by atoms with Crippen LogP contribution in [-0.4, -0.2) is 38.6 Å². The number of ether oxygens (including phenoxy) is 1. The van der Waals surface area contributed by atoms with Crippen LogP contribution in [0.1, 0.15) is 19.8 Å². The van der Waals surface area contributed by atoms with Gasteiger partial charge in [-0.1, -0.05) is 18.2 Å². The molecular weight excluding hydrogens is 280 g/mol. The summed E-state index contributed by atoms with van der Waals surface area (Å²) in [5.74, 6) is -0.320. The standard InChI is InChI=1S/C17H24N2O3/c1-3-19(13-8-5-4-6-9-13)17(21)15-12-14(15)16(20)18-10-7-11-22-2/h4-6,8-9,14-15H,3,7,10-12H2,1-2H3,(H,18,20). The molecule has 1 fully saturated rings. The molecule has 1 aliphatic rings. The second kappa shape index (κ2) is 7.94. The molecule has 1 aliphatic carbocycles. The van der Waals surface area contributed by atoms with Gasteiger partial charge >= 0.3 is 0 Å². The summed E-state index contributed by atoms with van der Waals surface area (Å²) in [6.07, 6.45) is 1.44. The van der Waals surface area contributed by atoms with Gasteiger partial charge in [0.05, 0.1) is 11.8 Å². The second-order valence-corrected chi connectivity index (χ2v) is 5.50. The summed E-state index contributed by atoms with van der Waals surface area (Å²) in [6, 6.07) is 9.60. The second-order valence-electron chi connectivity index (χ2n) is 5.50. The molecule has 2 rings (SSSR count). The zero-order valence-electron chi connectivity index (χ0n) is 13.2. The van der Waals surface area contributed by atoms with Gasteiger partial charge in [0, 0.05) is 32.5 Å². The number of amides is 2. The fourth-order valence-electron chi connectivity index (χ4n) is 2.59. The zero-order chi connectivity index (χ0) is 15.9. The highest BCUT2D eigenvalue weighted by atomic mass is 16.5. The third-order valence-corrected chi connectivity index (χ3v) is 3.92. The maximum absolute atomic E-state index is 12.6. The smallest absolute Gasteiger partial charge is 0.230 e. The van der Waals surface area contributed by atoms with Crippen molar-refractivity contribution in [2.45, 2.75) is 19.8 Å². The van der Waals surface area contributed by atoms with Crippen LogP contribution in [0.25, 0.3) is 0 Å². The minimum atomic E-state index is -0.178. The van der Waals surface area contributed by atoms with Crippen LogP contribution in [0.4, 0.5) is 5.69 Å². The Morgan fingerprint density at radius 3 is 2.64 bits per heavy atom. The summed E-state index contributed by atoms with van der Waals surface area (Å²) < 4.78 is 4.94. The molecule has 22 heavy (non-hydrogen) atoms. The summed E-state index contributed by atoms with van der Waals surface area (Å²) in [6.45, 7) is 3.79. The van der Waals surface area contributed by atoms with Crippen LogP contribution in [0, 0.1) is 11.8 Å². The Balaban J connectivity index is 1.85. The third-order valence-electron chi connectivity index (χ3n) is 3.92. The highest BCUT2D eigenvalue weighted by Crippen LogP contribution is 2.40. The van der Waals surface area contributed by atoms with Crippen molar-refractivity contribution in [3.05, 3.63) is 30.3 Å². The van der Waals surface area contributed by atoms with Crippen LogP contribution in [0.15, 0.2) is 30.3 Å². The van der Waals surface area contributed by atoms with E-state index in [1.54, 1.807) is 12.0 Å². The maximum atomic E-state index is 12.6. The van der Waals surface area contributed by atoms with Gasteiger partial charge < -0.3 is 15.0 Å². The van der Waals surface area contributed by atoms with Gasteiger partial charge in [-0.3, -0.25) is 9.59 Å². The Bertz CT molecular complexity index is 504. The number of rotatable bonds is 8. The number of hydrogen-bond acceptors (Lipinski definition) is 3. The van der Waals surface area contributed by atoms with E-state index in [0.29, 0.717) is 26.1 Å². The first-order valence-corrected chi connectivity index (χ1v) is 7.82. The highest BCUT2D eigenvalue weighted by molar-refractivity contribution is 6.01. The summed E-state index contributed by atoms with van der Waals surface area (Å²) in [4.78, 5) is 26.3. The zero-order valence-corrected chi connectivity index (χ0v) is 13.2. The molecule has 2 amide bonds. The molecule has 5 heteroatoms. The predicted octanol–water partition coefficient (Wildman–Crippen LogP) is 1.83. The van der Waals surface area contributed by atoms with Crippen LogP contribution >= 0.6 is 0 Å². The molecule has 0 saturated heterocycles. The van der Waals surface area contributed by atoms with Crippen molar-refractivity contribution in [2.24, 2.45) is 11.8 Å². The van der Waals surface area contributed by atoms with Crippen molar-refractivity contribution in [3.8, 4) is 0 Å². The van der Waals surface area contributed by atoms with Crippen LogP contribution in [0.5, 0.6) is 0 Å². The van der Waals surface area contributed by atoms with Gasteiger partial charge in [-0.15, -0.1) is 0 Å². The number of nitrogens with one attached hydrogen (secondary N) is 1. The molecular formula is C17H24N2O3. The lowest BCUT2D eigenvalue weighted by molar-refractivity contribution is -0.126. The lowest BCUT2D eigenvalue weighted by atomic mass is 10.2. The summed E-state index contributed by atoms with van der Waals surface area (Å²) in [5.41, 5.74) is 0.890. The first kappa shape index (κ1) is 16.5.